The lowest BCUT2D eigenvalue weighted by atomic mass is 10.1. The highest BCUT2D eigenvalue weighted by Crippen LogP contribution is 2.35. The molecule has 3 heterocycles. The van der Waals surface area contributed by atoms with Gasteiger partial charge < -0.3 is 14.5 Å². The molecule has 0 aliphatic carbocycles. The van der Waals surface area contributed by atoms with Crippen LogP contribution in [0.3, 0.4) is 0 Å². The van der Waals surface area contributed by atoms with Gasteiger partial charge in [-0.1, -0.05) is 28.2 Å². The topological polar surface area (TPSA) is 94.1 Å². The van der Waals surface area contributed by atoms with Crippen molar-refractivity contribution in [2.45, 2.75) is 6.67 Å². The highest BCUT2D eigenvalue weighted by atomic mass is 35.5. The zero-order chi connectivity index (χ0) is 23.5. The molecule has 2 aromatic carbocycles. The maximum atomic E-state index is 6.43. The molecule has 0 atom stereocenters. The van der Waals surface area contributed by atoms with E-state index in [2.05, 4.69) is 15.0 Å². The van der Waals surface area contributed by atoms with Crippen LogP contribution in [0, 0.1) is 0 Å². The average molecular weight is 504 g/mol. The third-order valence-corrected chi connectivity index (χ3v) is 6.13. The van der Waals surface area contributed by atoms with Gasteiger partial charge in [-0.25, -0.2) is 14.7 Å². The minimum Gasteiger partial charge on any atom is -0.487 e. The van der Waals surface area contributed by atoms with Crippen LogP contribution >= 0.6 is 23.2 Å². The summed E-state index contributed by atoms with van der Waals surface area (Å²) in [5.41, 5.74) is 2.41. The lowest BCUT2D eigenvalue weighted by molar-refractivity contribution is -0.362. The molecule has 12 heteroatoms. The van der Waals surface area contributed by atoms with Crippen LogP contribution in [0.2, 0.25) is 10.0 Å². The van der Waals surface area contributed by atoms with E-state index in [0.29, 0.717) is 32.8 Å². The van der Waals surface area contributed by atoms with Crippen molar-refractivity contribution in [2.24, 2.45) is 5.84 Å². The number of hydrogen-bond donors (Lipinski definition) is 1. The van der Waals surface area contributed by atoms with Crippen molar-refractivity contribution >= 4 is 34.6 Å². The van der Waals surface area contributed by atoms with Gasteiger partial charge in [0.15, 0.2) is 0 Å². The van der Waals surface area contributed by atoms with Gasteiger partial charge in [-0.05, 0) is 42.5 Å². The number of hydroxylamine groups is 2. The second-order valence-corrected chi connectivity index (χ2v) is 8.66. The van der Waals surface area contributed by atoms with Crippen molar-refractivity contribution in [3.63, 3.8) is 0 Å². The van der Waals surface area contributed by atoms with E-state index in [-0.39, 0.29) is 13.3 Å². The Hall–Kier alpha value is -3.02. The second-order valence-electron chi connectivity index (χ2n) is 7.82. The van der Waals surface area contributed by atoms with Crippen LogP contribution in [0.4, 0.5) is 5.69 Å². The first-order chi connectivity index (χ1) is 16.6. The number of benzene rings is 2. The summed E-state index contributed by atoms with van der Waals surface area (Å²) in [7, 11) is 0. The molecule has 2 aliphatic heterocycles. The number of hydrogen-bond acceptors (Lipinski definition) is 9. The maximum Gasteiger partial charge on any atom is 0.202 e. The van der Waals surface area contributed by atoms with Gasteiger partial charge in [0.2, 0.25) is 5.76 Å². The van der Waals surface area contributed by atoms with Gasteiger partial charge in [0.1, 0.15) is 37.4 Å². The predicted octanol–water partition coefficient (Wildman–Crippen LogP) is 3.16. The summed E-state index contributed by atoms with van der Waals surface area (Å²) in [5, 5.41) is 8.46. The molecule has 5 rings (SSSR count). The minimum atomic E-state index is 0.175. The molecule has 0 spiro atoms. The first-order valence-electron chi connectivity index (χ1n) is 10.7. The first-order valence-corrected chi connectivity index (χ1v) is 11.4. The lowest BCUT2D eigenvalue weighted by Gasteiger charge is -2.33. The fraction of sp³-hybridized carbons (Fsp3) is 0.273. The summed E-state index contributed by atoms with van der Waals surface area (Å²) in [6.45, 7) is 3.88. The van der Waals surface area contributed by atoms with E-state index in [1.165, 1.54) is 11.4 Å². The van der Waals surface area contributed by atoms with Crippen LogP contribution in [0.15, 0.2) is 60.8 Å². The van der Waals surface area contributed by atoms with E-state index in [0.717, 1.165) is 31.9 Å². The number of piperazine rings is 1. The second kappa shape index (κ2) is 10.1. The predicted molar refractivity (Wildman–Crippen MR) is 127 cm³/mol. The van der Waals surface area contributed by atoms with Gasteiger partial charge >= 0.3 is 0 Å². The van der Waals surface area contributed by atoms with E-state index >= 15 is 0 Å². The summed E-state index contributed by atoms with van der Waals surface area (Å²) in [5.74, 6) is 7.01. The molecule has 0 radical (unpaired) electrons. The number of anilines is 1. The third kappa shape index (κ3) is 5.06. The van der Waals surface area contributed by atoms with Gasteiger partial charge in [-0.2, -0.15) is 10.2 Å². The van der Waals surface area contributed by atoms with E-state index < -0.39 is 0 Å². The molecular weight excluding hydrogens is 481 g/mol. The van der Waals surface area contributed by atoms with Crippen LogP contribution in [0.25, 0.3) is 5.76 Å². The van der Waals surface area contributed by atoms with Gasteiger partial charge in [0.25, 0.3) is 0 Å². The standard InChI is InChI=1S/C22H23Cl2N7O3/c23-16-1-6-19(20(24)11-16)22-21(31(34-33-22)15-30-14-26-13-27-30)12-32-18-4-2-17(3-5-18)28-7-9-29(25)10-8-28/h1-6,11,13-14H,7-10,12,15,25H2. The average Bonchev–Trinajstić information content (AvgIpc) is 3.49. The van der Waals surface area contributed by atoms with Crippen LogP contribution < -0.4 is 15.5 Å². The van der Waals surface area contributed by atoms with Crippen molar-refractivity contribution in [2.75, 3.05) is 37.7 Å². The highest BCUT2D eigenvalue weighted by molar-refractivity contribution is 6.35. The highest BCUT2D eigenvalue weighted by Gasteiger charge is 2.30. The number of nitrogens with two attached hydrogens (primary N) is 1. The molecule has 34 heavy (non-hydrogen) atoms. The fourth-order valence-corrected chi connectivity index (χ4v) is 4.23. The van der Waals surface area contributed by atoms with Crippen molar-refractivity contribution in [3.05, 3.63) is 76.4 Å². The van der Waals surface area contributed by atoms with E-state index in [1.807, 2.05) is 29.3 Å². The summed E-state index contributed by atoms with van der Waals surface area (Å²) in [6, 6.07) is 13.1. The number of hydrazine groups is 1. The first kappa shape index (κ1) is 22.8. The molecule has 0 saturated carbocycles. The Morgan fingerprint density at radius 3 is 2.53 bits per heavy atom. The molecule has 1 fully saturated rings. The van der Waals surface area contributed by atoms with Crippen LogP contribution in [-0.4, -0.2) is 57.6 Å². The van der Waals surface area contributed by atoms with Crippen molar-refractivity contribution in [1.82, 2.24) is 24.8 Å². The van der Waals surface area contributed by atoms with E-state index in [9.17, 15) is 0 Å². The zero-order valence-corrected chi connectivity index (χ0v) is 19.7. The fourth-order valence-electron chi connectivity index (χ4n) is 3.73. The maximum absolute atomic E-state index is 6.43. The molecule has 10 nitrogen and oxygen atoms in total. The van der Waals surface area contributed by atoms with E-state index in [1.54, 1.807) is 29.2 Å². The van der Waals surface area contributed by atoms with Gasteiger partial charge in [0.05, 0.1) is 5.02 Å². The minimum absolute atomic E-state index is 0.175. The van der Waals surface area contributed by atoms with Crippen LogP contribution in [-0.2, 0) is 16.5 Å². The van der Waals surface area contributed by atoms with Crippen LogP contribution in [0.1, 0.15) is 5.56 Å². The molecule has 1 saturated heterocycles. The molecule has 1 aromatic heterocycles. The van der Waals surface area contributed by atoms with Crippen LogP contribution in [0.5, 0.6) is 5.75 Å². The Balaban J connectivity index is 1.34. The Bertz CT molecular complexity index is 1150. The summed E-state index contributed by atoms with van der Waals surface area (Å²) < 4.78 is 7.70. The van der Waals surface area contributed by atoms with Crippen molar-refractivity contribution in [3.8, 4) is 5.75 Å². The molecule has 3 aromatic rings. The number of aromatic nitrogens is 3. The molecular formula is C22H23Cl2N7O3. The number of halogens is 2. The SMILES string of the molecule is NN1CCN(c2ccc(OCC3=C(c4ccc(Cl)cc4Cl)OON3Cn3cncn3)cc2)CC1. The summed E-state index contributed by atoms with van der Waals surface area (Å²) >= 11 is 12.5. The van der Waals surface area contributed by atoms with Crippen molar-refractivity contribution in [1.29, 1.82) is 0 Å². The Labute approximate surface area is 206 Å². The molecule has 0 bridgehead atoms. The monoisotopic (exact) mass is 503 g/mol. The quantitative estimate of drug-likeness (QED) is 0.385. The number of rotatable bonds is 7. The lowest BCUT2D eigenvalue weighted by Crippen LogP contribution is -2.49. The third-order valence-electron chi connectivity index (χ3n) is 5.58. The summed E-state index contributed by atoms with van der Waals surface area (Å²) in [6.07, 6.45) is 3.03. The number of ether oxygens (including phenoxy) is 1. The van der Waals surface area contributed by atoms with Gasteiger partial charge in [-0.15, -0.1) is 0 Å². The number of nitrogens with zero attached hydrogens (tertiary/aromatic N) is 6. The molecule has 0 unspecified atom stereocenters. The smallest absolute Gasteiger partial charge is 0.202 e. The molecule has 0 amide bonds. The van der Waals surface area contributed by atoms with Crippen molar-refractivity contribution < 1.29 is 14.6 Å². The summed E-state index contributed by atoms with van der Waals surface area (Å²) in [4.78, 5) is 17.3. The van der Waals surface area contributed by atoms with Gasteiger partial charge in [0, 0.05) is 42.5 Å². The Morgan fingerprint density at radius 1 is 1.03 bits per heavy atom. The zero-order valence-electron chi connectivity index (χ0n) is 18.2. The van der Waals surface area contributed by atoms with Gasteiger partial charge in [-0.3, -0.25) is 5.84 Å². The largest absolute Gasteiger partial charge is 0.487 e. The molecule has 2 N–H and O–H groups in total. The molecule has 2 aliphatic rings. The Morgan fingerprint density at radius 2 is 1.82 bits per heavy atom. The van der Waals surface area contributed by atoms with E-state index in [4.69, 9.17) is 43.7 Å². The normalized spacial score (nSPS) is 16.8. The molecule has 178 valence electrons. The Kier molecular flexibility index (Phi) is 6.75.